The highest BCUT2D eigenvalue weighted by Gasteiger charge is 2.15. The van der Waals surface area contributed by atoms with Crippen LogP contribution in [0.25, 0.3) is 0 Å². The number of hydrogen-bond acceptors (Lipinski definition) is 5. The SMILES string of the molecule is CCOC(=O)CCc1cc(C(=O)OCC)ccc1C(=O)O. The van der Waals surface area contributed by atoms with Crippen LogP contribution in [-0.2, 0) is 20.7 Å². The molecule has 0 aliphatic carbocycles. The number of carboxylic acid groups (broad SMARTS) is 1. The van der Waals surface area contributed by atoms with Crippen LogP contribution in [0.1, 0.15) is 46.5 Å². The van der Waals surface area contributed by atoms with Gasteiger partial charge < -0.3 is 14.6 Å². The van der Waals surface area contributed by atoms with Crippen molar-refractivity contribution in [2.75, 3.05) is 13.2 Å². The number of aryl methyl sites for hydroxylation is 1. The summed E-state index contributed by atoms with van der Waals surface area (Å²) in [6.45, 7) is 3.89. The van der Waals surface area contributed by atoms with Gasteiger partial charge in [0.1, 0.15) is 0 Å². The largest absolute Gasteiger partial charge is 0.478 e. The van der Waals surface area contributed by atoms with Crippen molar-refractivity contribution in [2.45, 2.75) is 26.7 Å². The standard InChI is InChI=1S/C15H18O6/c1-3-20-13(16)8-6-10-9-11(15(19)21-4-2)5-7-12(10)14(17)18/h5,7,9H,3-4,6,8H2,1-2H3,(H,17,18). The second kappa shape index (κ2) is 8.04. The topological polar surface area (TPSA) is 89.9 Å². The zero-order valence-electron chi connectivity index (χ0n) is 12.0. The molecule has 0 amide bonds. The van der Waals surface area contributed by atoms with Gasteiger partial charge in [0.05, 0.1) is 24.3 Å². The minimum absolute atomic E-state index is 0.0560. The van der Waals surface area contributed by atoms with E-state index in [1.54, 1.807) is 13.8 Å². The number of benzene rings is 1. The molecule has 0 fully saturated rings. The molecule has 6 heteroatoms. The molecule has 0 spiro atoms. The number of rotatable bonds is 7. The van der Waals surface area contributed by atoms with Gasteiger partial charge in [0.15, 0.2) is 0 Å². The highest BCUT2D eigenvalue weighted by molar-refractivity contribution is 5.94. The Morgan fingerprint density at radius 2 is 1.76 bits per heavy atom. The van der Waals surface area contributed by atoms with Crippen molar-refractivity contribution in [1.29, 1.82) is 0 Å². The molecule has 0 radical (unpaired) electrons. The Kier molecular flexibility index (Phi) is 6.39. The number of carboxylic acids is 1. The summed E-state index contributed by atoms with van der Waals surface area (Å²) >= 11 is 0. The molecule has 0 saturated carbocycles. The van der Waals surface area contributed by atoms with Gasteiger partial charge in [-0.2, -0.15) is 0 Å². The van der Waals surface area contributed by atoms with Gasteiger partial charge >= 0.3 is 17.9 Å². The molecule has 114 valence electrons. The van der Waals surface area contributed by atoms with Crippen molar-refractivity contribution >= 4 is 17.9 Å². The molecular formula is C15H18O6. The Morgan fingerprint density at radius 1 is 1.10 bits per heavy atom. The summed E-state index contributed by atoms with van der Waals surface area (Å²) in [7, 11) is 0. The first-order valence-corrected chi connectivity index (χ1v) is 6.68. The van der Waals surface area contributed by atoms with Gasteiger partial charge in [-0.3, -0.25) is 4.79 Å². The van der Waals surface area contributed by atoms with Crippen molar-refractivity contribution in [3.05, 3.63) is 34.9 Å². The number of carbonyl (C=O) groups is 3. The fourth-order valence-electron chi connectivity index (χ4n) is 1.82. The van der Waals surface area contributed by atoms with Crippen molar-refractivity contribution in [2.24, 2.45) is 0 Å². The maximum atomic E-state index is 11.7. The quantitative estimate of drug-likeness (QED) is 0.774. The number of esters is 2. The monoisotopic (exact) mass is 294 g/mol. The summed E-state index contributed by atoms with van der Waals surface area (Å²) in [6.07, 6.45) is 0.244. The number of ether oxygens (including phenoxy) is 2. The fourth-order valence-corrected chi connectivity index (χ4v) is 1.82. The first kappa shape index (κ1) is 16.7. The van der Waals surface area contributed by atoms with Crippen molar-refractivity contribution < 1.29 is 29.0 Å². The van der Waals surface area contributed by atoms with Crippen molar-refractivity contribution in [1.82, 2.24) is 0 Å². The van der Waals surface area contributed by atoms with Crippen LogP contribution >= 0.6 is 0 Å². The van der Waals surface area contributed by atoms with Crippen LogP contribution in [-0.4, -0.2) is 36.2 Å². The van der Waals surface area contributed by atoms with E-state index in [4.69, 9.17) is 14.6 Å². The van der Waals surface area contributed by atoms with Crippen LogP contribution < -0.4 is 0 Å². The maximum Gasteiger partial charge on any atom is 0.338 e. The summed E-state index contributed by atoms with van der Waals surface area (Å²) in [5, 5.41) is 9.13. The summed E-state index contributed by atoms with van der Waals surface area (Å²) in [5.41, 5.74) is 0.731. The number of aromatic carboxylic acids is 1. The molecule has 0 aromatic heterocycles. The van der Waals surface area contributed by atoms with Crippen LogP contribution in [0.3, 0.4) is 0 Å². The third kappa shape index (κ3) is 4.91. The predicted octanol–water partition coefficient (Wildman–Crippen LogP) is 2.06. The molecule has 1 aromatic rings. The molecule has 0 heterocycles. The normalized spacial score (nSPS) is 10.0. The Labute approximate surface area is 122 Å². The van der Waals surface area contributed by atoms with Gasteiger partial charge in [-0.25, -0.2) is 9.59 Å². The van der Waals surface area contributed by atoms with E-state index in [1.165, 1.54) is 18.2 Å². The number of hydrogen-bond donors (Lipinski definition) is 1. The first-order chi connectivity index (χ1) is 9.99. The zero-order valence-corrected chi connectivity index (χ0v) is 12.0. The van der Waals surface area contributed by atoms with Crippen molar-refractivity contribution in [3.63, 3.8) is 0 Å². The van der Waals surface area contributed by atoms with Crippen LogP contribution in [0, 0.1) is 0 Å². The Balaban J connectivity index is 2.96. The molecular weight excluding hydrogens is 276 g/mol. The molecule has 0 aliphatic rings. The Morgan fingerprint density at radius 3 is 2.33 bits per heavy atom. The summed E-state index contributed by atoms with van der Waals surface area (Å²) < 4.78 is 9.67. The molecule has 0 aliphatic heterocycles. The molecule has 1 aromatic carbocycles. The molecule has 0 unspecified atom stereocenters. The van der Waals surface area contributed by atoms with Crippen LogP contribution in [0.2, 0.25) is 0 Å². The summed E-state index contributed by atoms with van der Waals surface area (Å²) in [6, 6.07) is 4.19. The predicted molar refractivity (Wildman–Crippen MR) is 74.3 cm³/mol. The Hall–Kier alpha value is -2.37. The van der Waals surface area contributed by atoms with E-state index < -0.39 is 17.9 Å². The average molecular weight is 294 g/mol. The fraction of sp³-hybridized carbons (Fsp3) is 0.400. The van der Waals surface area contributed by atoms with E-state index in [9.17, 15) is 14.4 Å². The van der Waals surface area contributed by atoms with Gasteiger partial charge in [0, 0.05) is 6.42 Å². The third-order valence-electron chi connectivity index (χ3n) is 2.75. The van der Waals surface area contributed by atoms with E-state index in [0.29, 0.717) is 5.56 Å². The van der Waals surface area contributed by atoms with Gasteiger partial charge in [-0.1, -0.05) is 0 Å². The van der Waals surface area contributed by atoms with Crippen LogP contribution in [0.4, 0.5) is 0 Å². The lowest BCUT2D eigenvalue weighted by molar-refractivity contribution is -0.143. The van der Waals surface area contributed by atoms with Gasteiger partial charge in [-0.05, 0) is 44.0 Å². The van der Waals surface area contributed by atoms with Crippen molar-refractivity contribution in [3.8, 4) is 0 Å². The van der Waals surface area contributed by atoms with E-state index in [2.05, 4.69) is 0 Å². The third-order valence-corrected chi connectivity index (χ3v) is 2.75. The lowest BCUT2D eigenvalue weighted by atomic mass is 10.00. The molecule has 0 atom stereocenters. The second-order valence-electron chi connectivity index (χ2n) is 4.20. The minimum Gasteiger partial charge on any atom is -0.478 e. The van der Waals surface area contributed by atoms with Crippen LogP contribution in [0.5, 0.6) is 0 Å². The smallest absolute Gasteiger partial charge is 0.338 e. The van der Waals surface area contributed by atoms with Gasteiger partial charge in [0.25, 0.3) is 0 Å². The second-order valence-corrected chi connectivity index (χ2v) is 4.20. The molecule has 1 N–H and O–H groups in total. The summed E-state index contributed by atoms with van der Waals surface area (Å²) in [4.78, 5) is 34.2. The summed E-state index contributed by atoms with van der Waals surface area (Å²) in [5.74, 6) is -2.04. The lowest BCUT2D eigenvalue weighted by Crippen LogP contribution is -2.11. The zero-order chi connectivity index (χ0) is 15.8. The van der Waals surface area contributed by atoms with E-state index in [-0.39, 0.29) is 37.2 Å². The number of carbonyl (C=O) groups excluding carboxylic acids is 2. The Bertz CT molecular complexity index is 535. The molecule has 21 heavy (non-hydrogen) atoms. The highest BCUT2D eigenvalue weighted by Crippen LogP contribution is 2.16. The van der Waals surface area contributed by atoms with Crippen LogP contribution in [0.15, 0.2) is 18.2 Å². The minimum atomic E-state index is -1.11. The molecule has 0 saturated heterocycles. The van der Waals surface area contributed by atoms with Gasteiger partial charge in [-0.15, -0.1) is 0 Å². The van der Waals surface area contributed by atoms with E-state index in [0.717, 1.165) is 0 Å². The van der Waals surface area contributed by atoms with E-state index in [1.807, 2.05) is 0 Å². The molecule has 1 rings (SSSR count). The molecule has 0 bridgehead atoms. The maximum absolute atomic E-state index is 11.7. The highest BCUT2D eigenvalue weighted by atomic mass is 16.5. The molecule has 6 nitrogen and oxygen atoms in total. The average Bonchev–Trinajstić information content (AvgIpc) is 2.45. The first-order valence-electron chi connectivity index (χ1n) is 6.68. The lowest BCUT2D eigenvalue weighted by Gasteiger charge is -2.09. The van der Waals surface area contributed by atoms with E-state index >= 15 is 0 Å². The van der Waals surface area contributed by atoms with Gasteiger partial charge in [0.2, 0.25) is 0 Å².